The highest BCUT2D eigenvalue weighted by atomic mass is 16.2. The van der Waals surface area contributed by atoms with Crippen LogP contribution in [0.25, 0.3) is 0 Å². The van der Waals surface area contributed by atoms with Crippen molar-refractivity contribution in [3.63, 3.8) is 0 Å². The van der Waals surface area contributed by atoms with Crippen LogP contribution in [-0.2, 0) is 24.3 Å². The summed E-state index contributed by atoms with van der Waals surface area (Å²) in [4.78, 5) is 18.3. The second-order valence-corrected chi connectivity index (χ2v) is 6.85. The highest BCUT2D eigenvalue weighted by Gasteiger charge is 2.12. The number of benzene rings is 2. The molecule has 0 saturated heterocycles. The zero-order chi connectivity index (χ0) is 19.8. The number of carbonyl (C=O) groups is 1. The maximum atomic E-state index is 12.1. The van der Waals surface area contributed by atoms with Crippen LogP contribution < -0.4 is 0 Å². The second-order valence-electron chi connectivity index (χ2n) is 6.85. The van der Waals surface area contributed by atoms with Gasteiger partial charge in [0, 0.05) is 26.2 Å². The van der Waals surface area contributed by atoms with E-state index >= 15 is 0 Å². The molecule has 0 spiro atoms. The Balaban J connectivity index is 1.61. The molecule has 0 saturated carbocycles. The summed E-state index contributed by atoms with van der Waals surface area (Å²) < 4.78 is 2.05. The maximum Gasteiger partial charge on any atom is 0.219 e. The summed E-state index contributed by atoms with van der Waals surface area (Å²) in [7, 11) is 0. The summed E-state index contributed by atoms with van der Waals surface area (Å²) in [6.07, 6.45) is 5.48. The minimum atomic E-state index is 0.0687. The van der Waals surface area contributed by atoms with E-state index in [0.717, 1.165) is 24.1 Å². The minimum absolute atomic E-state index is 0.0687. The fourth-order valence-electron chi connectivity index (χ4n) is 3.17. The van der Waals surface area contributed by atoms with Crippen LogP contribution in [0.2, 0.25) is 0 Å². The molecular weight excluding hydrogens is 348 g/mol. The highest BCUT2D eigenvalue weighted by Crippen LogP contribution is 2.12. The van der Waals surface area contributed by atoms with Crippen molar-refractivity contribution in [3.8, 4) is 6.07 Å². The molecule has 0 bridgehead atoms. The van der Waals surface area contributed by atoms with Crippen molar-refractivity contribution in [3.05, 3.63) is 89.5 Å². The Kier molecular flexibility index (Phi) is 6.59. The van der Waals surface area contributed by atoms with Gasteiger partial charge in [-0.05, 0) is 36.1 Å². The lowest BCUT2D eigenvalue weighted by Crippen LogP contribution is -2.30. The number of rotatable bonds is 8. The van der Waals surface area contributed by atoms with Gasteiger partial charge in [-0.1, -0.05) is 42.5 Å². The van der Waals surface area contributed by atoms with E-state index < -0.39 is 0 Å². The number of imidazole rings is 1. The Morgan fingerprint density at radius 3 is 2.54 bits per heavy atom. The van der Waals surface area contributed by atoms with Crippen LogP contribution in [0.15, 0.2) is 67.1 Å². The van der Waals surface area contributed by atoms with Crippen molar-refractivity contribution < 1.29 is 4.79 Å². The molecule has 1 amide bonds. The number of nitrogens with zero attached hydrogens (tertiary/aromatic N) is 4. The molecule has 0 aliphatic heterocycles. The first-order chi connectivity index (χ1) is 13.7. The number of amides is 1. The molecule has 0 aliphatic rings. The molecule has 0 N–H and O–H groups in total. The third kappa shape index (κ3) is 5.31. The molecule has 5 nitrogen and oxygen atoms in total. The van der Waals surface area contributed by atoms with Gasteiger partial charge in [-0.3, -0.25) is 4.79 Å². The molecule has 0 fully saturated rings. The van der Waals surface area contributed by atoms with Crippen LogP contribution in [0, 0.1) is 11.3 Å². The maximum absolute atomic E-state index is 12.1. The van der Waals surface area contributed by atoms with E-state index in [1.807, 2.05) is 53.6 Å². The summed E-state index contributed by atoms with van der Waals surface area (Å²) in [5, 5.41) is 8.92. The van der Waals surface area contributed by atoms with E-state index in [1.54, 1.807) is 13.3 Å². The predicted molar refractivity (Wildman–Crippen MR) is 108 cm³/mol. The summed E-state index contributed by atoms with van der Waals surface area (Å²) in [6.45, 7) is 3.54. The van der Waals surface area contributed by atoms with Crippen molar-refractivity contribution in [2.24, 2.45) is 0 Å². The number of nitriles is 1. The van der Waals surface area contributed by atoms with Gasteiger partial charge in [0.05, 0.1) is 30.2 Å². The molecule has 0 aliphatic carbocycles. The Labute approximate surface area is 165 Å². The van der Waals surface area contributed by atoms with Gasteiger partial charge in [-0.15, -0.1) is 0 Å². The topological polar surface area (TPSA) is 61.9 Å². The molecule has 0 atom stereocenters. The van der Waals surface area contributed by atoms with E-state index in [-0.39, 0.29) is 5.91 Å². The molecule has 1 heterocycles. The van der Waals surface area contributed by atoms with Gasteiger partial charge in [-0.2, -0.15) is 5.26 Å². The average molecular weight is 372 g/mol. The quantitative estimate of drug-likeness (QED) is 0.604. The van der Waals surface area contributed by atoms with Gasteiger partial charge in [0.15, 0.2) is 0 Å². The summed E-state index contributed by atoms with van der Waals surface area (Å²) >= 11 is 0. The molecule has 28 heavy (non-hydrogen) atoms. The normalized spacial score (nSPS) is 10.4. The smallest absolute Gasteiger partial charge is 0.219 e. The van der Waals surface area contributed by atoms with E-state index in [0.29, 0.717) is 25.2 Å². The Morgan fingerprint density at radius 2 is 1.86 bits per heavy atom. The van der Waals surface area contributed by atoms with Crippen LogP contribution >= 0.6 is 0 Å². The molecule has 0 unspecified atom stereocenters. The third-order valence-electron chi connectivity index (χ3n) is 4.77. The lowest BCUT2D eigenvalue weighted by molar-refractivity contribution is -0.129. The molecule has 0 radical (unpaired) electrons. The highest BCUT2D eigenvalue weighted by molar-refractivity contribution is 5.73. The zero-order valence-electron chi connectivity index (χ0n) is 16.1. The SMILES string of the molecule is CC(=O)N(CCCc1ccccc1)Cc1cncn1Cc1ccc(C#N)cc1. The first kappa shape index (κ1) is 19.4. The summed E-state index contributed by atoms with van der Waals surface area (Å²) in [5.74, 6) is 0.0687. The average Bonchev–Trinajstić information content (AvgIpc) is 3.15. The summed E-state index contributed by atoms with van der Waals surface area (Å²) in [5.41, 5.74) is 4.03. The lowest BCUT2D eigenvalue weighted by Gasteiger charge is -2.22. The van der Waals surface area contributed by atoms with Crippen molar-refractivity contribution in [2.75, 3.05) is 6.54 Å². The van der Waals surface area contributed by atoms with Gasteiger partial charge in [-0.25, -0.2) is 4.98 Å². The number of aryl methyl sites for hydroxylation is 1. The van der Waals surface area contributed by atoms with E-state index in [4.69, 9.17) is 5.26 Å². The molecule has 1 aromatic heterocycles. The van der Waals surface area contributed by atoms with Gasteiger partial charge < -0.3 is 9.47 Å². The third-order valence-corrected chi connectivity index (χ3v) is 4.77. The molecule has 3 aromatic rings. The fourth-order valence-corrected chi connectivity index (χ4v) is 3.17. The number of aromatic nitrogens is 2. The van der Waals surface area contributed by atoms with Crippen LogP contribution in [0.5, 0.6) is 0 Å². The molecule has 5 heteroatoms. The van der Waals surface area contributed by atoms with E-state index in [9.17, 15) is 4.79 Å². The standard InChI is InChI=1S/C23H24N4O/c1-19(28)26(13-5-8-20-6-3-2-4-7-20)17-23-15-25-18-27(23)16-22-11-9-21(14-24)10-12-22/h2-4,6-7,9-12,15,18H,5,8,13,16-17H2,1H3. The van der Waals surface area contributed by atoms with Gasteiger partial charge in [0.1, 0.15) is 0 Å². The number of hydrogen-bond donors (Lipinski definition) is 0. The van der Waals surface area contributed by atoms with Crippen LogP contribution in [0.4, 0.5) is 0 Å². The Hall–Kier alpha value is -3.39. The van der Waals surface area contributed by atoms with Crippen molar-refractivity contribution in [1.29, 1.82) is 5.26 Å². The molecule has 3 rings (SSSR count). The van der Waals surface area contributed by atoms with Crippen molar-refractivity contribution in [2.45, 2.75) is 32.9 Å². The largest absolute Gasteiger partial charge is 0.337 e. The fraction of sp³-hybridized carbons (Fsp3) is 0.261. The second kappa shape index (κ2) is 9.52. The van der Waals surface area contributed by atoms with E-state index in [1.165, 1.54) is 5.56 Å². The monoisotopic (exact) mass is 372 g/mol. The number of carbonyl (C=O) groups excluding carboxylic acids is 1. The molecule has 2 aromatic carbocycles. The number of hydrogen-bond acceptors (Lipinski definition) is 3. The van der Waals surface area contributed by atoms with Gasteiger partial charge >= 0.3 is 0 Å². The van der Waals surface area contributed by atoms with E-state index in [2.05, 4.69) is 27.8 Å². The molecular formula is C23H24N4O. The zero-order valence-corrected chi connectivity index (χ0v) is 16.1. The van der Waals surface area contributed by atoms with Crippen LogP contribution in [0.3, 0.4) is 0 Å². The minimum Gasteiger partial charge on any atom is -0.337 e. The predicted octanol–water partition coefficient (Wildman–Crippen LogP) is 3.78. The lowest BCUT2D eigenvalue weighted by atomic mass is 10.1. The van der Waals surface area contributed by atoms with Crippen LogP contribution in [0.1, 0.15) is 35.7 Å². The van der Waals surface area contributed by atoms with Crippen molar-refractivity contribution in [1.82, 2.24) is 14.5 Å². The molecule has 142 valence electrons. The van der Waals surface area contributed by atoms with Gasteiger partial charge in [0.2, 0.25) is 5.91 Å². The Morgan fingerprint density at radius 1 is 1.11 bits per heavy atom. The first-order valence-corrected chi connectivity index (χ1v) is 9.43. The van der Waals surface area contributed by atoms with Crippen LogP contribution in [-0.4, -0.2) is 26.9 Å². The Bertz CT molecular complexity index is 939. The van der Waals surface area contributed by atoms with Crippen molar-refractivity contribution >= 4 is 5.91 Å². The summed E-state index contributed by atoms with van der Waals surface area (Å²) in [6, 6.07) is 20.0. The first-order valence-electron chi connectivity index (χ1n) is 9.43. The van der Waals surface area contributed by atoms with Gasteiger partial charge in [0.25, 0.3) is 0 Å².